The molecule has 4 rings (SSSR count). The van der Waals surface area contributed by atoms with Crippen LogP contribution >= 0.6 is 0 Å². The maximum absolute atomic E-state index is 13.1. The molecular weight excluding hydrogens is 446 g/mol. The molecule has 0 bridgehead atoms. The first-order valence-corrected chi connectivity index (χ1v) is 12.2. The lowest BCUT2D eigenvalue weighted by Crippen LogP contribution is -2.50. The van der Waals surface area contributed by atoms with Gasteiger partial charge in [-0.05, 0) is 49.7 Å². The highest BCUT2D eigenvalue weighted by Gasteiger charge is 2.28. The van der Waals surface area contributed by atoms with E-state index in [-0.39, 0.29) is 17.9 Å². The zero-order chi connectivity index (χ0) is 24.8. The Morgan fingerprint density at radius 1 is 0.914 bits per heavy atom. The molecule has 2 fully saturated rings. The minimum absolute atomic E-state index is 0.00303. The highest BCUT2D eigenvalue weighted by atomic mass is 16.5. The molecule has 0 unspecified atom stereocenters. The van der Waals surface area contributed by atoms with Crippen molar-refractivity contribution in [2.24, 2.45) is 0 Å². The molecule has 2 aromatic rings. The third kappa shape index (κ3) is 5.94. The average Bonchev–Trinajstić information content (AvgIpc) is 3.13. The Morgan fingerprint density at radius 3 is 2.49 bits per heavy atom. The summed E-state index contributed by atoms with van der Waals surface area (Å²) in [6, 6.07) is 13.0. The zero-order valence-corrected chi connectivity index (χ0v) is 20.9. The smallest absolute Gasteiger partial charge is 0.254 e. The predicted molar refractivity (Wildman–Crippen MR) is 133 cm³/mol. The quantitative estimate of drug-likeness (QED) is 0.632. The van der Waals surface area contributed by atoms with Crippen LogP contribution in [0.25, 0.3) is 0 Å². The molecule has 2 aliphatic rings. The number of carbonyl (C=O) groups is 2. The van der Waals surface area contributed by atoms with Crippen LogP contribution in [-0.2, 0) is 4.74 Å². The fraction of sp³-hybridized carbons (Fsp3) is 0.481. The van der Waals surface area contributed by atoms with Gasteiger partial charge in [-0.3, -0.25) is 14.5 Å². The number of hydrogen-bond acceptors (Lipinski definition) is 6. The van der Waals surface area contributed by atoms with E-state index in [9.17, 15) is 9.59 Å². The standard InChI is InChI=1S/C27H35N3O5/c1-20-7-4-5-8-23(20)27(32)30-15-16-35-22(19-30)18-28-11-6-12-29(14-13-28)26(31)21-9-10-24(33-2)25(17-21)34-3/h4-5,7-10,17,22H,6,11-16,18-19H2,1-3H3/t22-/m1/s1. The third-order valence-electron chi connectivity index (χ3n) is 6.77. The largest absolute Gasteiger partial charge is 0.493 e. The summed E-state index contributed by atoms with van der Waals surface area (Å²) in [5.41, 5.74) is 2.34. The molecule has 8 heteroatoms. The first kappa shape index (κ1) is 25.0. The lowest BCUT2D eigenvalue weighted by molar-refractivity contribution is -0.0353. The van der Waals surface area contributed by atoms with Gasteiger partial charge in [0.2, 0.25) is 0 Å². The number of rotatable bonds is 6. The molecule has 2 saturated heterocycles. The molecule has 1 atom stereocenters. The zero-order valence-electron chi connectivity index (χ0n) is 20.9. The minimum Gasteiger partial charge on any atom is -0.493 e. The first-order chi connectivity index (χ1) is 17.0. The Bertz CT molecular complexity index is 1040. The molecule has 0 spiro atoms. The normalized spacial score (nSPS) is 19.2. The van der Waals surface area contributed by atoms with Gasteiger partial charge in [-0.1, -0.05) is 18.2 Å². The summed E-state index contributed by atoms with van der Waals surface area (Å²) >= 11 is 0. The van der Waals surface area contributed by atoms with Crippen molar-refractivity contribution in [2.75, 3.05) is 66.6 Å². The van der Waals surface area contributed by atoms with Crippen LogP contribution in [0, 0.1) is 6.92 Å². The summed E-state index contributed by atoms with van der Waals surface area (Å²) in [5.74, 6) is 1.22. The van der Waals surface area contributed by atoms with Crippen LogP contribution in [0.1, 0.15) is 32.7 Å². The third-order valence-corrected chi connectivity index (χ3v) is 6.77. The summed E-state index contributed by atoms with van der Waals surface area (Å²) in [4.78, 5) is 32.3. The molecule has 0 aliphatic carbocycles. The number of amides is 2. The maximum atomic E-state index is 13.1. The van der Waals surface area contributed by atoms with Crippen molar-refractivity contribution in [3.05, 3.63) is 59.2 Å². The van der Waals surface area contributed by atoms with Gasteiger partial charge in [-0.2, -0.15) is 0 Å². The molecule has 35 heavy (non-hydrogen) atoms. The van der Waals surface area contributed by atoms with E-state index in [2.05, 4.69) is 4.90 Å². The van der Waals surface area contributed by atoms with Gasteiger partial charge < -0.3 is 24.0 Å². The number of hydrogen-bond donors (Lipinski definition) is 0. The fourth-order valence-corrected chi connectivity index (χ4v) is 4.79. The fourth-order valence-electron chi connectivity index (χ4n) is 4.79. The topological polar surface area (TPSA) is 71.6 Å². The van der Waals surface area contributed by atoms with Gasteiger partial charge in [0.1, 0.15) is 0 Å². The minimum atomic E-state index is -0.0372. The van der Waals surface area contributed by atoms with Gasteiger partial charge in [-0.25, -0.2) is 0 Å². The van der Waals surface area contributed by atoms with E-state index >= 15 is 0 Å². The van der Waals surface area contributed by atoms with Crippen molar-refractivity contribution in [1.82, 2.24) is 14.7 Å². The van der Waals surface area contributed by atoms with Gasteiger partial charge in [0, 0.05) is 50.4 Å². The Balaban J connectivity index is 1.33. The Kier molecular flexibility index (Phi) is 8.25. The Hall–Kier alpha value is -3.10. The van der Waals surface area contributed by atoms with Crippen LogP contribution in [0.2, 0.25) is 0 Å². The van der Waals surface area contributed by atoms with Crippen molar-refractivity contribution in [1.29, 1.82) is 0 Å². The summed E-state index contributed by atoms with van der Waals surface area (Å²) in [7, 11) is 3.15. The summed E-state index contributed by atoms with van der Waals surface area (Å²) in [6.07, 6.45) is 0.849. The van der Waals surface area contributed by atoms with Crippen molar-refractivity contribution >= 4 is 11.8 Å². The molecule has 2 heterocycles. The SMILES string of the molecule is COc1ccc(C(=O)N2CCCN(C[C@@H]3CN(C(=O)c4ccccc4C)CCO3)CC2)cc1OC. The molecule has 0 saturated carbocycles. The number of ether oxygens (including phenoxy) is 3. The van der Waals surface area contributed by atoms with Crippen LogP contribution in [0.3, 0.4) is 0 Å². The van der Waals surface area contributed by atoms with Crippen LogP contribution in [-0.4, -0.2) is 99.3 Å². The van der Waals surface area contributed by atoms with Crippen LogP contribution in [0.5, 0.6) is 11.5 Å². The van der Waals surface area contributed by atoms with Crippen molar-refractivity contribution in [2.45, 2.75) is 19.4 Å². The lowest BCUT2D eigenvalue weighted by atomic mass is 10.1. The second-order valence-electron chi connectivity index (χ2n) is 9.08. The van der Waals surface area contributed by atoms with Crippen molar-refractivity contribution in [3.8, 4) is 11.5 Å². The lowest BCUT2D eigenvalue weighted by Gasteiger charge is -2.35. The van der Waals surface area contributed by atoms with Gasteiger partial charge in [0.05, 0.1) is 26.9 Å². The second kappa shape index (κ2) is 11.6. The monoisotopic (exact) mass is 481 g/mol. The summed E-state index contributed by atoms with van der Waals surface area (Å²) < 4.78 is 16.7. The number of methoxy groups -OCH3 is 2. The molecule has 2 amide bonds. The van der Waals surface area contributed by atoms with Crippen LogP contribution in [0.15, 0.2) is 42.5 Å². The van der Waals surface area contributed by atoms with Crippen molar-refractivity contribution < 1.29 is 23.8 Å². The van der Waals surface area contributed by atoms with Crippen LogP contribution in [0.4, 0.5) is 0 Å². The number of nitrogens with zero attached hydrogens (tertiary/aromatic N) is 3. The summed E-state index contributed by atoms with van der Waals surface area (Å²) in [6.45, 7) is 7.45. The van der Waals surface area contributed by atoms with Gasteiger partial charge in [-0.15, -0.1) is 0 Å². The van der Waals surface area contributed by atoms with E-state index in [1.54, 1.807) is 32.4 Å². The van der Waals surface area contributed by atoms with E-state index in [0.717, 1.165) is 37.2 Å². The van der Waals surface area contributed by atoms with Gasteiger partial charge >= 0.3 is 0 Å². The number of benzene rings is 2. The number of carbonyl (C=O) groups excluding carboxylic acids is 2. The molecule has 0 radical (unpaired) electrons. The Labute approximate surface area is 207 Å². The molecule has 2 aliphatic heterocycles. The Morgan fingerprint density at radius 2 is 1.71 bits per heavy atom. The molecule has 0 aromatic heterocycles. The van der Waals surface area contributed by atoms with E-state index < -0.39 is 0 Å². The number of aryl methyl sites for hydroxylation is 1. The van der Waals surface area contributed by atoms with E-state index in [4.69, 9.17) is 14.2 Å². The highest BCUT2D eigenvalue weighted by molar-refractivity contribution is 5.96. The van der Waals surface area contributed by atoms with Crippen molar-refractivity contribution in [3.63, 3.8) is 0 Å². The van der Waals surface area contributed by atoms with E-state index in [1.165, 1.54) is 0 Å². The predicted octanol–water partition coefficient (Wildman–Crippen LogP) is 2.70. The number of morpholine rings is 1. The molecular formula is C27H35N3O5. The summed E-state index contributed by atoms with van der Waals surface area (Å²) in [5, 5.41) is 0. The van der Waals surface area contributed by atoms with E-state index in [0.29, 0.717) is 49.8 Å². The molecule has 188 valence electrons. The van der Waals surface area contributed by atoms with E-state index in [1.807, 2.05) is 41.0 Å². The highest BCUT2D eigenvalue weighted by Crippen LogP contribution is 2.28. The first-order valence-electron chi connectivity index (χ1n) is 12.2. The second-order valence-corrected chi connectivity index (χ2v) is 9.08. The maximum Gasteiger partial charge on any atom is 0.254 e. The average molecular weight is 482 g/mol. The molecule has 2 aromatic carbocycles. The van der Waals surface area contributed by atoms with Crippen LogP contribution < -0.4 is 9.47 Å². The van der Waals surface area contributed by atoms with Gasteiger partial charge in [0.25, 0.3) is 11.8 Å². The van der Waals surface area contributed by atoms with Gasteiger partial charge in [0.15, 0.2) is 11.5 Å². The molecule has 8 nitrogen and oxygen atoms in total. The molecule has 0 N–H and O–H groups in total.